The van der Waals surface area contributed by atoms with Gasteiger partial charge in [0.1, 0.15) is 12.3 Å². The molecule has 126 valence electrons. The predicted molar refractivity (Wildman–Crippen MR) is 92.9 cm³/mol. The van der Waals surface area contributed by atoms with Gasteiger partial charge in [0.25, 0.3) is 0 Å². The molecular formula is C19H18N4O2. The van der Waals surface area contributed by atoms with Crippen LogP contribution in [0.3, 0.4) is 0 Å². The van der Waals surface area contributed by atoms with E-state index in [2.05, 4.69) is 15.4 Å². The highest BCUT2D eigenvalue weighted by Crippen LogP contribution is 2.31. The molecule has 25 heavy (non-hydrogen) atoms. The summed E-state index contributed by atoms with van der Waals surface area (Å²) in [6.07, 6.45) is 5.92. The highest BCUT2D eigenvalue weighted by molar-refractivity contribution is 5.77. The number of nitrogens with one attached hydrogen (secondary N) is 1. The minimum atomic E-state index is -0.0688. The van der Waals surface area contributed by atoms with Crippen molar-refractivity contribution in [3.8, 4) is 17.0 Å². The molecule has 3 aromatic rings. The summed E-state index contributed by atoms with van der Waals surface area (Å²) in [7, 11) is 0. The minimum Gasteiger partial charge on any atom is -0.493 e. The molecule has 2 aromatic heterocycles. The third-order valence-electron chi connectivity index (χ3n) is 4.28. The molecule has 6 heteroatoms. The zero-order valence-electron chi connectivity index (χ0n) is 13.6. The van der Waals surface area contributed by atoms with Crippen molar-refractivity contribution in [2.75, 3.05) is 6.61 Å². The van der Waals surface area contributed by atoms with Gasteiger partial charge in [-0.15, -0.1) is 0 Å². The number of nitrogens with zero attached hydrogens (tertiary/aromatic N) is 3. The highest BCUT2D eigenvalue weighted by Gasteiger charge is 2.23. The monoisotopic (exact) mass is 334 g/mol. The lowest BCUT2D eigenvalue weighted by atomic mass is 10.0. The number of hydrogen-bond acceptors (Lipinski definition) is 4. The van der Waals surface area contributed by atoms with Crippen LogP contribution in [0.1, 0.15) is 18.0 Å². The van der Waals surface area contributed by atoms with Crippen LogP contribution in [-0.2, 0) is 11.3 Å². The molecule has 1 N–H and O–H groups in total. The van der Waals surface area contributed by atoms with Crippen molar-refractivity contribution < 1.29 is 9.53 Å². The van der Waals surface area contributed by atoms with Crippen molar-refractivity contribution in [3.05, 3.63) is 66.6 Å². The van der Waals surface area contributed by atoms with E-state index in [0.717, 1.165) is 29.0 Å². The maximum Gasteiger partial charge on any atom is 0.242 e. The van der Waals surface area contributed by atoms with Crippen LogP contribution in [0.5, 0.6) is 5.75 Å². The first kappa shape index (κ1) is 15.4. The SMILES string of the molecule is O=C(Cn1nccc1-c1ccncc1)NC1CCOc2ccccc21. The molecule has 1 aliphatic heterocycles. The summed E-state index contributed by atoms with van der Waals surface area (Å²) in [5.74, 6) is 0.774. The van der Waals surface area contributed by atoms with Crippen LogP contribution < -0.4 is 10.1 Å². The van der Waals surface area contributed by atoms with Crippen LogP contribution in [-0.4, -0.2) is 27.3 Å². The number of fused-ring (bicyclic) bond motifs is 1. The Morgan fingerprint density at radius 2 is 2.00 bits per heavy atom. The first-order chi connectivity index (χ1) is 12.3. The maximum atomic E-state index is 12.5. The molecule has 4 rings (SSSR count). The molecule has 0 spiro atoms. The highest BCUT2D eigenvalue weighted by atomic mass is 16.5. The number of aromatic nitrogens is 3. The van der Waals surface area contributed by atoms with Crippen molar-refractivity contribution in [1.82, 2.24) is 20.1 Å². The van der Waals surface area contributed by atoms with E-state index >= 15 is 0 Å². The second-order valence-electron chi connectivity index (χ2n) is 5.91. The van der Waals surface area contributed by atoms with Crippen LogP contribution in [0.2, 0.25) is 0 Å². The van der Waals surface area contributed by atoms with E-state index in [1.165, 1.54) is 0 Å². The summed E-state index contributed by atoms with van der Waals surface area (Å²) in [5.41, 5.74) is 2.90. The van der Waals surface area contributed by atoms with Crippen molar-refractivity contribution in [3.63, 3.8) is 0 Å². The van der Waals surface area contributed by atoms with Gasteiger partial charge in [-0.3, -0.25) is 14.5 Å². The summed E-state index contributed by atoms with van der Waals surface area (Å²) >= 11 is 0. The van der Waals surface area contributed by atoms with Gasteiger partial charge >= 0.3 is 0 Å². The Balaban J connectivity index is 1.49. The summed E-state index contributed by atoms with van der Waals surface area (Å²) in [4.78, 5) is 16.6. The summed E-state index contributed by atoms with van der Waals surface area (Å²) < 4.78 is 7.35. The van der Waals surface area contributed by atoms with E-state index < -0.39 is 0 Å². The Bertz CT molecular complexity index is 876. The minimum absolute atomic E-state index is 0.0302. The molecule has 1 aromatic carbocycles. The molecule has 0 saturated heterocycles. The largest absolute Gasteiger partial charge is 0.493 e. The molecule has 1 atom stereocenters. The third-order valence-corrected chi connectivity index (χ3v) is 4.28. The molecule has 1 unspecified atom stereocenters. The lowest BCUT2D eigenvalue weighted by Gasteiger charge is -2.26. The van der Waals surface area contributed by atoms with E-state index in [1.54, 1.807) is 23.3 Å². The molecule has 0 bridgehead atoms. The van der Waals surface area contributed by atoms with E-state index in [0.29, 0.717) is 6.61 Å². The zero-order valence-corrected chi connectivity index (χ0v) is 13.6. The summed E-state index contributed by atoms with van der Waals surface area (Å²) in [6, 6.07) is 13.5. The van der Waals surface area contributed by atoms with E-state index in [9.17, 15) is 4.79 Å². The number of hydrogen-bond donors (Lipinski definition) is 1. The average Bonchev–Trinajstić information content (AvgIpc) is 3.11. The number of carbonyl (C=O) groups is 1. The van der Waals surface area contributed by atoms with Crippen LogP contribution in [0.4, 0.5) is 0 Å². The fraction of sp³-hybridized carbons (Fsp3) is 0.211. The number of para-hydroxylation sites is 1. The molecular weight excluding hydrogens is 316 g/mol. The third kappa shape index (κ3) is 3.24. The lowest BCUT2D eigenvalue weighted by Crippen LogP contribution is -2.34. The molecule has 6 nitrogen and oxygen atoms in total. The molecule has 1 amide bonds. The maximum absolute atomic E-state index is 12.5. The van der Waals surface area contributed by atoms with Gasteiger partial charge in [-0.25, -0.2) is 0 Å². The van der Waals surface area contributed by atoms with Crippen LogP contribution in [0, 0.1) is 0 Å². The molecule has 1 aliphatic rings. The van der Waals surface area contributed by atoms with Gasteiger partial charge < -0.3 is 10.1 Å². The first-order valence-electron chi connectivity index (χ1n) is 8.24. The van der Waals surface area contributed by atoms with Crippen LogP contribution in [0.15, 0.2) is 61.1 Å². The molecule has 0 radical (unpaired) electrons. The second-order valence-corrected chi connectivity index (χ2v) is 5.91. The van der Waals surface area contributed by atoms with Gasteiger partial charge in [0, 0.05) is 36.1 Å². The number of benzene rings is 1. The Kier molecular flexibility index (Phi) is 4.16. The van der Waals surface area contributed by atoms with Crippen LogP contribution in [0.25, 0.3) is 11.3 Å². The number of rotatable bonds is 4. The van der Waals surface area contributed by atoms with Gasteiger partial charge in [0.05, 0.1) is 18.3 Å². The van der Waals surface area contributed by atoms with Crippen molar-refractivity contribution in [1.29, 1.82) is 0 Å². The Morgan fingerprint density at radius 1 is 1.16 bits per heavy atom. The topological polar surface area (TPSA) is 69.0 Å². The summed E-state index contributed by atoms with van der Waals surface area (Å²) in [5, 5.41) is 7.38. The first-order valence-corrected chi connectivity index (χ1v) is 8.24. The number of ether oxygens (including phenoxy) is 1. The van der Waals surface area contributed by atoms with Gasteiger partial charge in [0.2, 0.25) is 5.91 Å². The van der Waals surface area contributed by atoms with Crippen molar-refractivity contribution >= 4 is 5.91 Å². The molecule has 3 heterocycles. The molecule has 0 aliphatic carbocycles. The normalized spacial score (nSPS) is 15.9. The lowest BCUT2D eigenvalue weighted by molar-refractivity contribution is -0.122. The van der Waals surface area contributed by atoms with Crippen molar-refractivity contribution in [2.24, 2.45) is 0 Å². The molecule has 0 saturated carbocycles. The van der Waals surface area contributed by atoms with Crippen molar-refractivity contribution in [2.45, 2.75) is 19.0 Å². The Labute approximate surface area is 145 Å². The standard InChI is InChI=1S/C19H18N4O2/c24-19(22-16-8-12-25-18-4-2-1-3-15(16)18)13-23-17(7-11-21-23)14-5-9-20-10-6-14/h1-7,9-11,16H,8,12-13H2,(H,22,24). The Morgan fingerprint density at radius 3 is 2.88 bits per heavy atom. The fourth-order valence-corrected chi connectivity index (χ4v) is 3.09. The summed E-state index contributed by atoms with van der Waals surface area (Å²) in [6.45, 7) is 0.774. The Hall–Kier alpha value is -3.15. The van der Waals surface area contributed by atoms with E-state index in [4.69, 9.17) is 4.74 Å². The van der Waals surface area contributed by atoms with E-state index in [-0.39, 0.29) is 18.5 Å². The van der Waals surface area contributed by atoms with E-state index in [1.807, 2.05) is 42.5 Å². The second kappa shape index (κ2) is 6.76. The van der Waals surface area contributed by atoms with Crippen LogP contribution >= 0.6 is 0 Å². The number of carbonyl (C=O) groups excluding carboxylic acids is 1. The van der Waals surface area contributed by atoms with Gasteiger partial charge in [0.15, 0.2) is 0 Å². The van der Waals surface area contributed by atoms with Gasteiger partial charge in [-0.1, -0.05) is 18.2 Å². The molecule has 0 fully saturated rings. The average molecular weight is 334 g/mol. The quantitative estimate of drug-likeness (QED) is 0.796. The predicted octanol–water partition coefficient (Wildman–Crippen LogP) is 2.59. The fourth-order valence-electron chi connectivity index (χ4n) is 3.09. The zero-order chi connectivity index (χ0) is 17.1. The smallest absolute Gasteiger partial charge is 0.242 e. The number of amides is 1. The van der Waals surface area contributed by atoms with Gasteiger partial charge in [-0.2, -0.15) is 5.10 Å². The van der Waals surface area contributed by atoms with Gasteiger partial charge in [-0.05, 0) is 24.3 Å². The number of pyridine rings is 1.